The molecule has 0 spiro atoms. The van der Waals surface area contributed by atoms with Crippen molar-refractivity contribution in [3.05, 3.63) is 21.9 Å². The third kappa shape index (κ3) is 2.90. The quantitative estimate of drug-likeness (QED) is 0.861. The Bertz CT molecular complexity index is 451. The van der Waals surface area contributed by atoms with Crippen LogP contribution in [-0.2, 0) is 11.2 Å². The smallest absolute Gasteiger partial charge is 0.305 e. The molecule has 1 aliphatic carbocycles. The number of carbonyl (C=O) groups is 2. The van der Waals surface area contributed by atoms with E-state index in [2.05, 4.69) is 0 Å². The second kappa shape index (κ2) is 5.52. The van der Waals surface area contributed by atoms with Crippen LogP contribution in [0.15, 0.2) is 11.4 Å². The Labute approximate surface area is 110 Å². The van der Waals surface area contributed by atoms with Gasteiger partial charge in [0.15, 0.2) is 0 Å². The van der Waals surface area contributed by atoms with Crippen LogP contribution in [0, 0.1) is 0 Å². The second-order valence-electron chi connectivity index (χ2n) is 4.50. The van der Waals surface area contributed by atoms with E-state index in [1.54, 1.807) is 4.90 Å². The molecule has 0 bridgehead atoms. The fourth-order valence-corrected chi connectivity index (χ4v) is 2.93. The number of carboxylic acid groups (broad SMARTS) is 1. The molecule has 2 rings (SSSR count). The first-order chi connectivity index (χ1) is 8.63. The summed E-state index contributed by atoms with van der Waals surface area (Å²) in [6.45, 7) is 2.34. The molecule has 1 amide bonds. The second-order valence-corrected chi connectivity index (χ2v) is 5.42. The van der Waals surface area contributed by atoms with E-state index in [0.29, 0.717) is 6.54 Å². The van der Waals surface area contributed by atoms with Crippen LogP contribution in [0.25, 0.3) is 0 Å². The number of carboxylic acids is 1. The summed E-state index contributed by atoms with van der Waals surface area (Å²) in [5.41, 5.74) is 1.06. The number of aliphatic carboxylic acids is 1. The summed E-state index contributed by atoms with van der Waals surface area (Å²) in [4.78, 5) is 25.6. The molecule has 0 radical (unpaired) electrons. The minimum atomic E-state index is -0.852. The molecule has 4 nitrogen and oxygen atoms in total. The Balaban J connectivity index is 2.10. The SMILES string of the molecule is CCc1ccsc1C(=O)N(CCC(=O)O)C1CC1. The molecule has 1 aromatic rings. The summed E-state index contributed by atoms with van der Waals surface area (Å²) in [6, 6.07) is 2.23. The van der Waals surface area contributed by atoms with Gasteiger partial charge in [0.25, 0.3) is 5.91 Å². The monoisotopic (exact) mass is 267 g/mol. The third-order valence-electron chi connectivity index (χ3n) is 3.14. The average Bonchev–Trinajstić information content (AvgIpc) is 3.06. The van der Waals surface area contributed by atoms with Crippen LogP contribution in [0.4, 0.5) is 0 Å². The normalized spacial score (nSPS) is 14.5. The number of rotatable bonds is 6. The highest BCUT2D eigenvalue weighted by atomic mass is 32.1. The molecule has 18 heavy (non-hydrogen) atoms. The molecule has 1 aliphatic rings. The topological polar surface area (TPSA) is 57.6 Å². The molecular formula is C13H17NO3S. The highest BCUT2D eigenvalue weighted by Gasteiger charge is 2.34. The van der Waals surface area contributed by atoms with Gasteiger partial charge in [-0.3, -0.25) is 9.59 Å². The predicted molar refractivity (Wildman–Crippen MR) is 70.0 cm³/mol. The number of thiophene rings is 1. The van der Waals surface area contributed by atoms with Crippen molar-refractivity contribution in [3.8, 4) is 0 Å². The van der Waals surface area contributed by atoms with Gasteiger partial charge in [-0.25, -0.2) is 0 Å². The lowest BCUT2D eigenvalue weighted by Gasteiger charge is -2.21. The van der Waals surface area contributed by atoms with Crippen LogP contribution < -0.4 is 0 Å². The van der Waals surface area contributed by atoms with Crippen molar-refractivity contribution in [2.75, 3.05) is 6.54 Å². The van der Waals surface area contributed by atoms with Gasteiger partial charge < -0.3 is 10.0 Å². The number of hydrogen-bond donors (Lipinski definition) is 1. The fraction of sp³-hybridized carbons (Fsp3) is 0.538. The van der Waals surface area contributed by atoms with Gasteiger partial charge in [0, 0.05) is 12.6 Å². The number of hydrogen-bond acceptors (Lipinski definition) is 3. The van der Waals surface area contributed by atoms with Gasteiger partial charge >= 0.3 is 5.97 Å². The van der Waals surface area contributed by atoms with Gasteiger partial charge in [0.1, 0.15) is 0 Å². The number of amides is 1. The molecule has 1 heterocycles. The summed E-state index contributed by atoms with van der Waals surface area (Å²) >= 11 is 1.45. The van der Waals surface area contributed by atoms with Gasteiger partial charge in [-0.15, -0.1) is 11.3 Å². The van der Waals surface area contributed by atoms with E-state index in [0.717, 1.165) is 29.7 Å². The highest BCUT2D eigenvalue weighted by Crippen LogP contribution is 2.30. The molecule has 1 fully saturated rings. The molecule has 0 atom stereocenters. The van der Waals surface area contributed by atoms with Crippen molar-refractivity contribution in [1.29, 1.82) is 0 Å². The van der Waals surface area contributed by atoms with E-state index in [-0.39, 0.29) is 18.4 Å². The Morgan fingerprint density at radius 1 is 1.50 bits per heavy atom. The van der Waals surface area contributed by atoms with E-state index in [1.807, 2.05) is 18.4 Å². The van der Waals surface area contributed by atoms with Crippen molar-refractivity contribution in [3.63, 3.8) is 0 Å². The highest BCUT2D eigenvalue weighted by molar-refractivity contribution is 7.12. The Morgan fingerprint density at radius 2 is 2.22 bits per heavy atom. The van der Waals surface area contributed by atoms with Crippen molar-refractivity contribution < 1.29 is 14.7 Å². The van der Waals surface area contributed by atoms with Gasteiger partial charge in [0.2, 0.25) is 0 Å². The summed E-state index contributed by atoms with van der Waals surface area (Å²) in [7, 11) is 0. The van der Waals surface area contributed by atoms with Gasteiger partial charge in [-0.2, -0.15) is 0 Å². The maximum absolute atomic E-state index is 12.4. The molecule has 0 aromatic carbocycles. The van der Waals surface area contributed by atoms with Crippen LogP contribution >= 0.6 is 11.3 Å². The van der Waals surface area contributed by atoms with Crippen LogP contribution in [0.2, 0.25) is 0 Å². The lowest BCUT2D eigenvalue weighted by molar-refractivity contribution is -0.137. The van der Waals surface area contributed by atoms with Crippen LogP contribution in [0.1, 0.15) is 41.4 Å². The minimum Gasteiger partial charge on any atom is -0.481 e. The molecular weight excluding hydrogens is 250 g/mol. The van der Waals surface area contributed by atoms with E-state index in [9.17, 15) is 9.59 Å². The molecule has 5 heteroatoms. The lowest BCUT2D eigenvalue weighted by Crippen LogP contribution is -2.35. The molecule has 1 aromatic heterocycles. The van der Waals surface area contributed by atoms with Crippen molar-refractivity contribution in [1.82, 2.24) is 4.90 Å². The zero-order chi connectivity index (χ0) is 13.1. The average molecular weight is 267 g/mol. The van der Waals surface area contributed by atoms with Gasteiger partial charge in [0.05, 0.1) is 11.3 Å². The van der Waals surface area contributed by atoms with E-state index >= 15 is 0 Å². The molecule has 0 saturated heterocycles. The minimum absolute atomic E-state index is 0.00519. The number of carbonyl (C=O) groups excluding carboxylic acids is 1. The Kier molecular flexibility index (Phi) is 4.01. The van der Waals surface area contributed by atoms with Crippen molar-refractivity contribution >= 4 is 23.2 Å². The van der Waals surface area contributed by atoms with E-state index in [4.69, 9.17) is 5.11 Å². The predicted octanol–water partition coefficient (Wildman–Crippen LogP) is 2.39. The summed E-state index contributed by atoms with van der Waals surface area (Å²) in [6.07, 6.45) is 2.85. The van der Waals surface area contributed by atoms with Gasteiger partial charge in [-0.05, 0) is 36.3 Å². The molecule has 1 N–H and O–H groups in total. The molecule has 98 valence electrons. The van der Waals surface area contributed by atoms with Crippen LogP contribution in [-0.4, -0.2) is 34.5 Å². The summed E-state index contributed by atoms with van der Waals surface area (Å²) in [5.74, 6) is -0.846. The Hall–Kier alpha value is -1.36. The molecule has 0 unspecified atom stereocenters. The first kappa shape index (κ1) is 13.1. The van der Waals surface area contributed by atoms with Crippen molar-refractivity contribution in [2.24, 2.45) is 0 Å². The maximum atomic E-state index is 12.4. The van der Waals surface area contributed by atoms with Crippen LogP contribution in [0.3, 0.4) is 0 Å². The largest absolute Gasteiger partial charge is 0.481 e. The van der Waals surface area contributed by atoms with Crippen molar-refractivity contribution in [2.45, 2.75) is 38.6 Å². The molecule has 0 aliphatic heterocycles. The fourth-order valence-electron chi connectivity index (χ4n) is 1.98. The molecule has 1 saturated carbocycles. The van der Waals surface area contributed by atoms with E-state index in [1.165, 1.54) is 11.3 Å². The number of aryl methyl sites for hydroxylation is 1. The van der Waals surface area contributed by atoms with Crippen LogP contribution in [0.5, 0.6) is 0 Å². The Morgan fingerprint density at radius 3 is 2.78 bits per heavy atom. The first-order valence-electron chi connectivity index (χ1n) is 6.22. The summed E-state index contributed by atoms with van der Waals surface area (Å²) in [5, 5.41) is 10.7. The third-order valence-corrected chi connectivity index (χ3v) is 4.08. The summed E-state index contributed by atoms with van der Waals surface area (Å²) < 4.78 is 0. The zero-order valence-corrected chi connectivity index (χ0v) is 11.2. The zero-order valence-electron chi connectivity index (χ0n) is 10.4. The standard InChI is InChI=1S/C13H17NO3S/c1-2-9-6-8-18-12(9)13(17)14(10-3-4-10)7-5-11(15)16/h6,8,10H,2-5,7H2,1H3,(H,15,16). The maximum Gasteiger partial charge on any atom is 0.305 e. The van der Waals surface area contributed by atoms with Gasteiger partial charge in [-0.1, -0.05) is 6.92 Å². The number of nitrogens with zero attached hydrogens (tertiary/aromatic N) is 1. The first-order valence-corrected chi connectivity index (χ1v) is 7.10. The lowest BCUT2D eigenvalue weighted by atomic mass is 10.2. The van der Waals surface area contributed by atoms with E-state index < -0.39 is 5.97 Å².